The first-order valence-electron chi connectivity index (χ1n) is 10.6. The van der Waals surface area contributed by atoms with Crippen molar-refractivity contribution in [2.45, 2.75) is 0 Å². The molecule has 0 bridgehead atoms. The summed E-state index contributed by atoms with van der Waals surface area (Å²) in [6.07, 6.45) is 0. The Kier molecular flexibility index (Phi) is 4.03. The fourth-order valence-corrected chi connectivity index (χ4v) is 4.53. The van der Waals surface area contributed by atoms with Crippen molar-refractivity contribution in [3.05, 3.63) is 109 Å². The Hall–Kier alpha value is -4.04. The SMILES string of the molecule is Cn1c2ccccc2c2cc(Nc3ccc(-c4ccc5ccccc5c4)cc3)ccc21. The topological polar surface area (TPSA) is 17.0 Å². The van der Waals surface area contributed by atoms with E-state index in [2.05, 4.69) is 126 Å². The average Bonchev–Trinajstić information content (AvgIpc) is 3.11. The number of nitrogens with one attached hydrogen (secondary N) is 1. The molecule has 0 aliphatic rings. The highest BCUT2D eigenvalue weighted by molar-refractivity contribution is 6.09. The van der Waals surface area contributed by atoms with Crippen LogP contribution in [0, 0.1) is 0 Å². The van der Waals surface area contributed by atoms with Crippen molar-refractivity contribution in [3.8, 4) is 11.1 Å². The first-order valence-corrected chi connectivity index (χ1v) is 10.6. The van der Waals surface area contributed by atoms with Crippen LogP contribution in [0.2, 0.25) is 0 Å². The van der Waals surface area contributed by atoms with E-state index in [1.165, 1.54) is 43.7 Å². The maximum absolute atomic E-state index is 3.57. The van der Waals surface area contributed by atoms with Crippen molar-refractivity contribution in [3.63, 3.8) is 0 Å². The molecule has 31 heavy (non-hydrogen) atoms. The van der Waals surface area contributed by atoms with Gasteiger partial charge in [-0.3, -0.25) is 0 Å². The van der Waals surface area contributed by atoms with Crippen LogP contribution >= 0.6 is 0 Å². The molecule has 1 heterocycles. The molecule has 0 spiro atoms. The molecule has 2 heteroatoms. The molecule has 0 aliphatic heterocycles. The van der Waals surface area contributed by atoms with Gasteiger partial charge in [0.1, 0.15) is 0 Å². The first kappa shape index (κ1) is 17.8. The summed E-state index contributed by atoms with van der Waals surface area (Å²) in [6, 6.07) is 39.0. The van der Waals surface area contributed by atoms with Crippen molar-refractivity contribution in [2.24, 2.45) is 7.05 Å². The fourth-order valence-electron chi connectivity index (χ4n) is 4.53. The standard InChI is InChI=1S/C29H22N2/c1-31-28-9-5-4-8-26(28)27-19-25(16-17-29(27)31)30-24-14-12-21(13-15-24)23-11-10-20-6-2-3-7-22(20)18-23/h2-19,30H,1H3. The average molecular weight is 399 g/mol. The third kappa shape index (κ3) is 3.04. The van der Waals surface area contributed by atoms with E-state index in [1.54, 1.807) is 0 Å². The third-order valence-electron chi connectivity index (χ3n) is 6.17. The minimum atomic E-state index is 1.09. The molecule has 1 aromatic heterocycles. The van der Waals surface area contributed by atoms with Crippen LogP contribution in [-0.2, 0) is 7.05 Å². The number of hydrogen-bond acceptors (Lipinski definition) is 1. The number of nitrogens with zero attached hydrogens (tertiary/aromatic N) is 1. The lowest BCUT2D eigenvalue weighted by Crippen LogP contribution is -1.91. The van der Waals surface area contributed by atoms with Crippen molar-refractivity contribution >= 4 is 44.0 Å². The molecule has 0 saturated carbocycles. The summed E-state index contributed by atoms with van der Waals surface area (Å²) in [5.74, 6) is 0. The lowest BCUT2D eigenvalue weighted by Gasteiger charge is -2.09. The van der Waals surface area contributed by atoms with Crippen LogP contribution < -0.4 is 5.32 Å². The minimum Gasteiger partial charge on any atom is -0.356 e. The molecule has 0 amide bonds. The van der Waals surface area contributed by atoms with Gasteiger partial charge < -0.3 is 9.88 Å². The Balaban J connectivity index is 1.31. The van der Waals surface area contributed by atoms with Gasteiger partial charge in [-0.2, -0.15) is 0 Å². The van der Waals surface area contributed by atoms with Crippen LogP contribution in [0.25, 0.3) is 43.7 Å². The van der Waals surface area contributed by atoms with E-state index < -0.39 is 0 Å². The summed E-state index contributed by atoms with van der Waals surface area (Å²) < 4.78 is 2.26. The predicted octanol–water partition coefficient (Wildman–Crippen LogP) is 7.90. The number of fused-ring (bicyclic) bond motifs is 4. The Morgan fingerprint density at radius 1 is 0.516 bits per heavy atom. The number of aryl methyl sites for hydroxylation is 1. The third-order valence-corrected chi connectivity index (χ3v) is 6.17. The Bertz CT molecular complexity index is 1560. The lowest BCUT2D eigenvalue weighted by molar-refractivity contribution is 1.01. The van der Waals surface area contributed by atoms with Crippen molar-refractivity contribution in [1.82, 2.24) is 4.57 Å². The summed E-state index contributed by atoms with van der Waals surface area (Å²) in [5.41, 5.74) is 7.16. The molecule has 0 fully saturated rings. The van der Waals surface area contributed by atoms with Crippen molar-refractivity contribution in [1.29, 1.82) is 0 Å². The Morgan fingerprint density at radius 3 is 2.06 bits per heavy atom. The summed E-state index contributed by atoms with van der Waals surface area (Å²) in [6.45, 7) is 0. The molecule has 0 aliphatic carbocycles. The zero-order chi connectivity index (χ0) is 20.8. The molecule has 0 radical (unpaired) electrons. The van der Waals surface area contributed by atoms with Crippen LogP contribution in [0.5, 0.6) is 0 Å². The second kappa shape index (κ2) is 7.03. The van der Waals surface area contributed by atoms with Gasteiger partial charge in [0.2, 0.25) is 0 Å². The Morgan fingerprint density at radius 2 is 1.19 bits per heavy atom. The molecule has 0 saturated heterocycles. The largest absolute Gasteiger partial charge is 0.356 e. The van der Waals surface area contributed by atoms with E-state index >= 15 is 0 Å². The molecular weight excluding hydrogens is 376 g/mol. The second-order valence-corrected chi connectivity index (χ2v) is 8.07. The number of hydrogen-bond donors (Lipinski definition) is 1. The van der Waals surface area contributed by atoms with Crippen LogP contribution in [0.1, 0.15) is 0 Å². The van der Waals surface area contributed by atoms with Crippen LogP contribution in [0.4, 0.5) is 11.4 Å². The van der Waals surface area contributed by atoms with Crippen LogP contribution in [0.3, 0.4) is 0 Å². The second-order valence-electron chi connectivity index (χ2n) is 8.07. The van der Waals surface area contributed by atoms with E-state index in [0.29, 0.717) is 0 Å². The summed E-state index contributed by atoms with van der Waals surface area (Å²) in [7, 11) is 2.13. The first-order chi connectivity index (χ1) is 15.3. The summed E-state index contributed by atoms with van der Waals surface area (Å²) in [5, 5.41) is 8.67. The molecule has 0 atom stereocenters. The number of anilines is 2. The zero-order valence-electron chi connectivity index (χ0n) is 17.3. The molecule has 1 N–H and O–H groups in total. The van der Waals surface area contributed by atoms with E-state index in [4.69, 9.17) is 0 Å². The smallest absolute Gasteiger partial charge is 0.0490 e. The van der Waals surface area contributed by atoms with E-state index in [1.807, 2.05) is 0 Å². The molecule has 5 aromatic carbocycles. The summed E-state index contributed by atoms with van der Waals surface area (Å²) >= 11 is 0. The number of rotatable bonds is 3. The fraction of sp³-hybridized carbons (Fsp3) is 0.0345. The monoisotopic (exact) mass is 398 g/mol. The number of para-hydroxylation sites is 1. The van der Waals surface area contributed by atoms with Gasteiger partial charge in [0.15, 0.2) is 0 Å². The highest BCUT2D eigenvalue weighted by atomic mass is 14.9. The quantitative estimate of drug-likeness (QED) is 0.321. The molecule has 6 rings (SSSR count). The van der Waals surface area contributed by atoms with Crippen LogP contribution in [0.15, 0.2) is 109 Å². The van der Waals surface area contributed by atoms with Gasteiger partial charge in [0, 0.05) is 40.2 Å². The number of aromatic nitrogens is 1. The number of benzene rings is 5. The molecule has 2 nitrogen and oxygen atoms in total. The molecule has 0 unspecified atom stereocenters. The predicted molar refractivity (Wildman–Crippen MR) is 133 cm³/mol. The van der Waals surface area contributed by atoms with Crippen molar-refractivity contribution < 1.29 is 0 Å². The van der Waals surface area contributed by atoms with Gasteiger partial charge in [-0.1, -0.05) is 66.7 Å². The van der Waals surface area contributed by atoms with Gasteiger partial charge in [0.25, 0.3) is 0 Å². The maximum Gasteiger partial charge on any atom is 0.0490 e. The van der Waals surface area contributed by atoms with Crippen LogP contribution in [-0.4, -0.2) is 4.57 Å². The van der Waals surface area contributed by atoms with E-state index in [9.17, 15) is 0 Å². The van der Waals surface area contributed by atoms with E-state index in [-0.39, 0.29) is 0 Å². The van der Waals surface area contributed by atoms with Gasteiger partial charge in [-0.15, -0.1) is 0 Å². The maximum atomic E-state index is 3.57. The van der Waals surface area contributed by atoms with E-state index in [0.717, 1.165) is 11.4 Å². The zero-order valence-corrected chi connectivity index (χ0v) is 17.3. The van der Waals surface area contributed by atoms with Gasteiger partial charge in [-0.05, 0) is 64.4 Å². The van der Waals surface area contributed by atoms with Crippen molar-refractivity contribution in [2.75, 3.05) is 5.32 Å². The lowest BCUT2D eigenvalue weighted by atomic mass is 10.0. The highest BCUT2D eigenvalue weighted by Crippen LogP contribution is 2.32. The molecular formula is C29H22N2. The molecule has 148 valence electrons. The molecule has 6 aromatic rings. The Labute approximate surface area is 181 Å². The summed E-state index contributed by atoms with van der Waals surface area (Å²) in [4.78, 5) is 0. The normalized spacial score (nSPS) is 11.4. The van der Waals surface area contributed by atoms with Gasteiger partial charge >= 0.3 is 0 Å². The minimum absolute atomic E-state index is 1.09. The highest BCUT2D eigenvalue weighted by Gasteiger charge is 2.08. The van der Waals surface area contributed by atoms with Gasteiger partial charge in [0.05, 0.1) is 0 Å². The van der Waals surface area contributed by atoms with Gasteiger partial charge in [-0.25, -0.2) is 0 Å².